The molecule has 2 rings (SSSR count). The third-order valence-electron chi connectivity index (χ3n) is 4.27. The molecule has 0 aromatic carbocycles. The van der Waals surface area contributed by atoms with Crippen molar-refractivity contribution in [2.75, 3.05) is 39.3 Å². The molecule has 2 fully saturated rings. The predicted octanol–water partition coefficient (Wildman–Crippen LogP) is 1.73. The molecule has 0 saturated carbocycles. The second-order valence-electron chi connectivity index (χ2n) is 6.64. The van der Waals surface area contributed by atoms with Crippen LogP contribution in [0.25, 0.3) is 0 Å². The van der Waals surface area contributed by atoms with E-state index in [1.54, 1.807) is 0 Å². The lowest BCUT2D eigenvalue weighted by molar-refractivity contribution is 0.0182. The largest absolute Gasteiger partial charge is 0.376 e. The highest BCUT2D eigenvalue weighted by atomic mass is 16.5. The molecule has 0 aliphatic carbocycles. The quantitative estimate of drug-likeness (QED) is 0.813. The maximum atomic E-state index is 5.74. The number of rotatable bonds is 3. The Morgan fingerprint density at radius 3 is 2.76 bits per heavy atom. The summed E-state index contributed by atoms with van der Waals surface area (Å²) in [4.78, 5) is 2.62. The molecule has 2 heterocycles. The van der Waals surface area contributed by atoms with E-state index in [2.05, 4.69) is 31.0 Å². The summed E-state index contributed by atoms with van der Waals surface area (Å²) in [6.07, 6.45) is 2.99. The summed E-state index contributed by atoms with van der Waals surface area (Å²) in [5.41, 5.74) is 0.470. The monoisotopic (exact) mass is 240 g/mol. The van der Waals surface area contributed by atoms with Crippen LogP contribution in [0.5, 0.6) is 0 Å². The molecule has 17 heavy (non-hydrogen) atoms. The van der Waals surface area contributed by atoms with Crippen molar-refractivity contribution in [1.29, 1.82) is 0 Å². The summed E-state index contributed by atoms with van der Waals surface area (Å²) in [6.45, 7) is 13.8. The van der Waals surface area contributed by atoms with Crippen molar-refractivity contribution in [2.24, 2.45) is 11.3 Å². The van der Waals surface area contributed by atoms with E-state index < -0.39 is 0 Å². The Hall–Kier alpha value is -0.120. The lowest BCUT2D eigenvalue weighted by atomic mass is 9.80. The third kappa shape index (κ3) is 3.94. The summed E-state index contributed by atoms with van der Waals surface area (Å²) < 4.78 is 5.74. The number of hydrogen-bond acceptors (Lipinski definition) is 3. The normalized spacial score (nSPS) is 31.9. The van der Waals surface area contributed by atoms with Crippen LogP contribution in [0.2, 0.25) is 0 Å². The summed E-state index contributed by atoms with van der Waals surface area (Å²) >= 11 is 0. The van der Waals surface area contributed by atoms with Crippen LogP contribution in [0.15, 0.2) is 0 Å². The van der Waals surface area contributed by atoms with Crippen molar-refractivity contribution in [2.45, 2.75) is 39.7 Å². The summed E-state index contributed by atoms with van der Waals surface area (Å²) in [7, 11) is 0. The van der Waals surface area contributed by atoms with Gasteiger partial charge < -0.3 is 15.0 Å². The number of morpholine rings is 1. The van der Waals surface area contributed by atoms with E-state index in [0.29, 0.717) is 11.5 Å². The van der Waals surface area contributed by atoms with E-state index in [0.717, 1.165) is 25.6 Å². The first-order valence-corrected chi connectivity index (χ1v) is 7.10. The Bertz CT molecular complexity index is 231. The molecule has 3 nitrogen and oxygen atoms in total. The van der Waals surface area contributed by atoms with Gasteiger partial charge in [0.25, 0.3) is 0 Å². The van der Waals surface area contributed by atoms with Crippen molar-refractivity contribution in [3.8, 4) is 0 Å². The summed E-state index contributed by atoms with van der Waals surface area (Å²) in [6, 6.07) is 0. The van der Waals surface area contributed by atoms with E-state index in [1.807, 2.05) is 0 Å². The zero-order valence-corrected chi connectivity index (χ0v) is 11.7. The Labute approximate surface area is 106 Å². The molecule has 0 aromatic heterocycles. The molecule has 2 atom stereocenters. The van der Waals surface area contributed by atoms with Crippen molar-refractivity contribution in [1.82, 2.24) is 10.2 Å². The van der Waals surface area contributed by atoms with Gasteiger partial charge in [0.1, 0.15) is 0 Å². The van der Waals surface area contributed by atoms with Crippen LogP contribution >= 0.6 is 0 Å². The fourth-order valence-corrected chi connectivity index (χ4v) is 2.87. The Morgan fingerprint density at radius 2 is 2.18 bits per heavy atom. The maximum absolute atomic E-state index is 5.74. The molecule has 2 aliphatic heterocycles. The van der Waals surface area contributed by atoms with Crippen molar-refractivity contribution >= 4 is 0 Å². The minimum Gasteiger partial charge on any atom is -0.376 e. The number of likely N-dealkylation sites (tertiary alicyclic amines) is 1. The highest BCUT2D eigenvalue weighted by Gasteiger charge is 2.31. The van der Waals surface area contributed by atoms with Gasteiger partial charge in [-0.3, -0.25) is 0 Å². The SMILES string of the molecule is CC(C)(C)C1CCN(CCC2CNCCO2)C1. The number of ether oxygens (including phenoxy) is 1. The fourth-order valence-electron chi connectivity index (χ4n) is 2.87. The van der Waals surface area contributed by atoms with Gasteiger partial charge in [-0.15, -0.1) is 0 Å². The van der Waals surface area contributed by atoms with E-state index in [-0.39, 0.29) is 0 Å². The third-order valence-corrected chi connectivity index (χ3v) is 4.27. The predicted molar refractivity (Wildman–Crippen MR) is 71.2 cm³/mol. The van der Waals surface area contributed by atoms with Crippen LogP contribution in [0.1, 0.15) is 33.6 Å². The van der Waals surface area contributed by atoms with Crippen LogP contribution in [-0.2, 0) is 4.74 Å². The molecule has 2 saturated heterocycles. The van der Waals surface area contributed by atoms with Crippen LogP contribution in [0.3, 0.4) is 0 Å². The molecule has 2 aliphatic rings. The van der Waals surface area contributed by atoms with Crippen LogP contribution in [-0.4, -0.2) is 50.3 Å². The Balaban J connectivity index is 1.67. The molecule has 100 valence electrons. The fraction of sp³-hybridized carbons (Fsp3) is 1.00. The van der Waals surface area contributed by atoms with Gasteiger partial charge >= 0.3 is 0 Å². The first kappa shape index (κ1) is 13.3. The van der Waals surface area contributed by atoms with E-state index in [9.17, 15) is 0 Å². The van der Waals surface area contributed by atoms with Crippen molar-refractivity contribution in [3.05, 3.63) is 0 Å². The van der Waals surface area contributed by atoms with Crippen molar-refractivity contribution < 1.29 is 4.74 Å². The Morgan fingerprint density at radius 1 is 1.35 bits per heavy atom. The molecule has 2 unspecified atom stereocenters. The average Bonchev–Trinajstić information content (AvgIpc) is 2.76. The topological polar surface area (TPSA) is 24.5 Å². The van der Waals surface area contributed by atoms with Gasteiger partial charge in [0.05, 0.1) is 12.7 Å². The second-order valence-corrected chi connectivity index (χ2v) is 6.64. The van der Waals surface area contributed by atoms with Gasteiger partial charge in [-0.1, -0.05) is 20.8 Å². The maximum Gasteiger partial charge on any atom is 0.0712 e. The highest BCUT2D eigenvalue weighted by Crippen LogP contribution is 2.33. The minimum absolute atomic E-state index is 0.442. The standard InChI is InChI=1S/C14H28N2O/c1-14(2,3)12-4-7-16(11-12)8-5-13-10-15-6-9-17-13/h12-13,15H,4-11H2,1-3H3. The second kappa shape index (κ2) is 5.68. The average molecular weight is 240 g/mol. The van der Waals surface area contributed by atoms with Gasteiger partial charge in [-0.2, -0.15) is 0 Å². The molecular weight excluding hydrogens is 212 g/mol. The molecular formula is C14H28N2O. The minimum atomic E-state index is 0.442. The van der Waals surface area contributed by atoms with Crippen LogP contribution < -0.4 is 5.32 Å². The van der Waals surface area contributed by atoms with E-state index >= 15 is 0 Å². The zero-order valence-electron chi connectivity index (χ0n) is 11.7. The van der Waals surface area contributed by atoms with Gasteiger partial charge in [-0.25, -0.2) is 0 Å². The molecule has 0 radical (unpaired) electrons. The molecule has 1 N–H and O–H groups in total. The smallest absolute Gasteiger partial charge is 0.0712 e. The molecule has 0 bridgehead atoms. The van der Waals surface area contributed by atoms with Crippen LogP contribution in [0.4, 0.5) is 0 Å². The number of nitrogens with zero attached hydrogens (tertiary/aromatic N) is 1. The lowest BCUT2D eigenvalue weighted by Gasteiger charge is -2.28. The molecule has 0 aromatic rings. The zero-order chi connectivity index (χ0) is 12.3. The molecule has 0 spiro atoms. The van der Waals surface area contributed by atoms with Gasteiger partial charge in [0.15, 0.2) is 0 Å². The Kier molecular flexibility index (Phi) is 4.45. The number of hydrogen-bond donors (Lipinski definition) is 1. The van der Waals surface area contributed by atoms with Gasteiger partial charge in [0, 0.05) is 26.2 Å². The van der Waals surface area contributed by atoms with Gasteiger partial charge in [-0.05, 0) is 30.7 Å². The summed E-state index contributed by atoms with van der Waals surface area (Å²) in [5, 5.41) is 3.40. The molecule has 3 heteroatoms. The van der Waals surface area contributed by atoms with Gasteiger partial charge in [0.2, 0.25) is 0 Å². The summed E-state index contributed by atoms with van der Waals surface area (Å²) in [5.74, 6) is 0.868. The van der Waals surface area contributed by atoms with Crippen LogP contribution in [0, 0.1) is 11.3 Å². The van der Waals surface area contributed by atoms with E-state index in [4.69, 9.17) is 4.74 Å². The molecule has 0 amide bonds. The lowest BCUT2D eigenvalue weighted by Crippen LogP contribution is -2.40. The van der Waals surface area contributed by atoms with E-state index in [1.165, 1.54) is 32.5 Å². The first-order valence-electron chi connectivity index (χ1n) is 7.10. The number of nitrogens with one attached hydrogen (secondary N) is 1. The van der Waals surface area contributed by atoms with Crippen molar-refractivity contribution in [3.63, 3.8) is 0 Å². The first-order chi connectivity index (χ1) is 8.05. The highest BCUT2D eigenvalue weighted by molar-refractivity contribution is 4.84.